The molecule has 1 aliphatic heterocycles. The molecule has 0 radical (unpaired) electrons. The molecule has 0 aromatic carbocycles. The number of carbonyl (C=O) groups is 2. The summed E-state index contributed by atoms with van der Waals surface area (Å²) >= 11 is 1.45. The van der Waals surface area contributed by atoms with Gasteiger partial charge in [-0.15, -0.1) is 11.3 Å². The molecule has 3 heterocycles. The third kappa shape index (κ3) is 3.73. The van der Waals surface area contributed by atoms with Gasteiger partial charge in [-0.25, -0.2) is 4.98 Å². The summed E-state index contributed by atoms with van der Waals surface area (Å²) in [5.41, 5.74) is 5.88. The Hall–Kier alpha value is -2.41. The molecule has 0 aliphatic carbocycles. The van der Waals surface area contributed by atoms with Crippen LogP contribution in [-0.2, 0) is 0 Å². The Balaban J connectivity index is 1.53. The standard InChI is InChI=1S/C17H20N4O2S/c18-15(22)13-3-1-7-19-16(13)21-8-5-12(6-9-21)11-20-17(23)14-4-2-10-24-14/h1-4,7,10,12H,5-6,8-9,11H2,(H2,18,22)(H,20,23). The van der Waals surface area contributed by atoms with Gasteiger partial charge in [0.15, 0.2) is 0 Å². The minimum atomic E-state index is -0.455. The topological polar surface area (TPSA) is 88.3 Å². The highest BCUT2D eigenvalue weighted by Gasteiger charge is 2.23. The van der Waals surface area contributed by atoms with Crippen molar-refractivity contribution in [2.24, 2.45) is 11.7 Å². The monoisotopic (exact) mass is 344 g/mol. The van der Waals surface area contributed by atoms with Crippen LogP contribution in [0.25, 0.3) is 0 Å². The zero-order valence-electron chi connectivity index (χ0n) is 13.3. The lowest BCUT2D eigenvalue weighted by molar-refractivity contribution is 0.0947. The number of carbonyl (C=O) groups excluding carboxylic acids is 2. The summed E-state index contributed by atoms with van der Waals surface area (Å²) in [6.45, 7) is 2.28. The number of aromatic nitrogens is 1. The lowest BCUT2D eigenvalue weighted by Crippen LogP contribution is -2.39. The quantitative estimate of drug-likeness (QED) is 0.867. The first-order valence-corrected chi connectivity index (χ1v) is 8.84. The van der Waals surface area contributed by atoms with Gasteiger partial charge in [-0.05, 0) is 42.3 Å². The second-order valence-corrected chi connectivity index (χ2v) is 6.80. The molecule has 0 atom stereocenters. The molecule has 24 heavy (non-hydrogen) atoms. The summed E-state index contributed by atoms with van der Waals surface area (Å²) < 4.78 is 0. The van der Waals surface area contributed by atoms with Gasteiger partial charge in [0, 0.05) is 25.8 Å². The summed E-state index contributed by atoms with van der Waals surface area (Å²) in [6.07, 6.45) is 3.56. The van der Waals surface area contributed by atoms with Crippen molar-refractivity contribution in [2.45, 2.75) is 12.8 Å². The summed E-state index contributed by atoms with van der Waals surface area (Å²) in [5.74, 6) is 0.633. The fourth-order valence-electron chi connectivity index (χ4n) is 2.92. The van der Waals surface area contributed by atoms with Crippen LogP contribution in [0.5, 0.6) is 0 Å². The highest BCUT2D eigenvalue weighted by atomic mass is 32.1. The Kier molecular flexibility index (Phi) is 5.10. The van der Waals surface area contributed by atoms with Crippen molar-refractivity contribution in [3.8, 4) is 0 Å². The van der Waals surface area contributed by atoms with Crippen molar-refractivity contribution in [3.63, 3.8) is 0 Å². The highest BCUT2D eigenvalue weighted by Crippen LogP contribution is 2.24. The second kappa shape index (κ2) is 7.44. The molecule has 3 rings (SSSR count). The Bertz CT molecular complexity index is 709. The molecule has 0 saturated carbocycles. The minimum Gasteiger partial charge on any atom is -0.365 e. The number of primary amides is 1. The number of amides is 2. The molecule has 0 unspecified atom stereocenters. The van der Waals surface area contributed by atoms with Gasteiger partial charge in [0.2, 0.25) is 0 Å². The molecular formula is C17H20N4O2S. The van der Waals surface area contributed by atoms with Gasteiger partial charge in [-0.3, -0.25) is 9.59 Å². The molecule has 126 valence electrons. The molecule has 0 bridgehead atoms. The molecule has 0 spiro atoms. The van der Waals surface area contributed by atoms with Gasteiger partial charge in [0.1, 0.15) is 5.82 Å². The molecule has 7 heteroatoms. The first-order valence-electron chi connectivity index (χ1n) is 7.96. The Morgan fingerprint density at radius 3 is 2.75 bits per heavy atom. The number of pyridine rings is 1. The number of nitrogens with zero attached hydrogens (tertiary/aromatic N) is 2. The lowest BCUT2D eigenvalue weighted by Gasteiger charge is -2.33. The van der Waals surface area contributed by atoms with Crippen LogP contribution in [0.1, 0.15) is 32.9 Å². The number of piperidine rings is 1. The maximum absolute atomic E-state index is 12.0. The Labute approximate surface area is 144 Å². The average molecular weight is 344 g/mol. The SMILES string of the molecule is NC(=O)c1cccnc1N1CCC(CNC(=O)c2cccs2)CC1. The van der Waals surface area contributed by atoms with E-state index >= 15 is 0 Å². The summed E-state index contributed by atoms with van der Waals surface area (Å²) in [6, 6.07) is 7.13. The molecule has 2 aromatic rings. The summed E-state index contributed by atoms with van der Waals surface area (Å²) in [5, 5.41) is 4.90. The number of nitrogens with one attached hydrogen (secondary N) is 1. The number of anilines is 1. The maximum Gasteiger partial charge on any atom is 0.261 e. The zero-order chi connectivity index (χ0) is 16.9. The van der Waals surface area contributed by atoms with Crippen LogP contribution in [0.3, 0.4) is 0 Å². The van der Waals surface area contributed by atoms with E-state index in [1.54, 1.807) is 18.3 Å². The molecule has 2 amide bonds. The summed E-state index contributed by atoms with van der Waals surface area (Å²) in [7, 11) is 0. The number of rotatable bonds is 5. The van der Waals surface area contributed by atoms with Crippen LogP contribution < -0.4 is 16.0 Å². The average Bonchev–Trinajstić information content (AvgIpc) is 3.15. The number of nitrogens with two attached hydrogens (primary N) is 1. The minimum absolute atomic E-state index is 0.00632. The van der Waals surface area contributed by atoms with Crippen molar-refractivity contribution in [1.82, 2.24) is 10.3 Å². The van der Waals surface area contributed by atoms with E-state index in [1.165, 1.54) is 11.3 Å². The fraction of sp³-hybridized carbons (Fsp3) is 0.353. The van der Waals surface area contributed by atoms with Gasteiger partial charge >= 0.3 is 0 Å². The fourth-order valence-corrected chi connectivity index (χ4v) is 3.56. The smallest absolute Gasteiger partial charge is 0.261 e. The van der Waals surface area contributed by atoms with E-state index in [1.807, 2.05) is 17.5 Å². The molecular weight excluding hydrogens is 324 g/mol. The lowest BCUT2D eigenvalue weighted by atomic mass is 9.96. The van der Waals surface area contributed by atoms with Crippen molar-refractivity contribution >= 4 is 29.0 Å². The van der Waals surface area contributed by atoms with Crippen LogP contribution in [0.2, 0.25) is 0 Å². The molecule has 2 aromatic heterocycles. The van der Waals surface area contributed by atoms with E-state index < -0.39 is 5.91 Å². The van der Waals surface area contributed by atoms with Crippen molar-refractivity contribution in [1.29, 1.82) is 0 Å². The molecule has 3 N–H and O–H groups in total. The van der Waals surface area contributed by atoms with E-state index in [2.05, 4.69) is 15.2 Å². The summed E-state index contributed by atoms with van der Waals surface area (Å²) in [4.78, 5) is 30.7. The van der Waals surface area contributed by atoms with Gasteiger partial charge in [-0.2, -0.15) is 0 Å². The molecule has 1 fully saturated rings. The first kappa shape index (κ1) is 16.4. The van der Waals surface area contributed by atoms with Crippen molar-refractivity contribution < 1.29 is 9.59 Å². The molecule has 6 nitrogen and oxygen atoms in total. The van der Waals surface area contributed by atoms with Crippen LogP contribution >= 0.6 is 11.3 Å². The van der Waals surface area contributed by atoms with Crippen LogP contribution in [0.15, 0.2) is 35.8 Å². The van der Waals surface area contributed by atoms with E-state index in [0.717, 1.165) is 30.8 Å². The van der Waals surface area contributed by atoms with E-state index in [0.29, 0.717) is 23.8 Å². The van der Waals surface area contributed by atoms with E-state index in [-0.39, 0.29) is 5.91 Å². The third-order valence-corrected chi connectivity index (χ3v) is 5.13. The van der Waals surface area contributed by atoms with Crippen LogP contribution in [-0.4, -0.2) is 36.4 Å². The number of thiophene rings is 1. The normalized spacial score (nSPS) is 15.2. The van der Waals surface area contributed by atoms with E-state index in [4.69, 9.17) is 5.73 Å². The Morgan fingerprint density at radius 1 is 1.29 bits per heavy atom. The van der Waals surface area contributed by atoms with Crippen LogP contribution in [0.4, 0.5) is 5.82 Å². The second-order valence-electron chi connectivity index (χ2n) is 5.86. The predicted molar refractivity (Wildman–Crippen MR) is 94.3 cm³/mol. The zero-order valence-corrected chi connectivity index (χ0v) is 14.1. The molecule has 1 aliphatic rings. The van der Waals surface area contributed by atoms with Gasteiger partial charge < -0.3 is 16.0 Å². The molecule has 1 saturated heterocycles. The number of hydrogen-bond donors (Lipinski definition) is 2. The first-order chi connectivity index (χ1) is 11.6. The Morgan fingerprint density at radius 2 is 2.08 bits per heavy atom. The predicted octanol–water partition coefficient (Wildman–Crippen LogP) is 1.89. The van der Waals surface area contributed by atoms with Gasteiger partial charge in [0.05, 0.1) is 10.4 Å². The maximum atomic E-state index is 12.0. The van der Waals surface area contributed by atoms with E-state index in [9.17, 15) is 9.59 Å². The third-order valence-electron chi connectivity index (χ3n) is 4.26. The highest BCUT2D eigenvalue weighted by molar-refractivity contribution is 7.12. The van der Waals surface area contributed by atoms with Crippen molar-refractivity contribution in [2.75, 3.05) is 24.5 Å². The van der Waals surface area contributed by atoms with Gasteiger partial charge in [0.25, 0.3) is 11.8 Å². The van der Waals surface area contributed by atoms with Crippen LogP contribution in [0, 0.1) is 5.92 Å². The number of hydrogen-bond acceptors (Lipinski definition) is 5. The largest absolute Gasteiger partial charge is 0.365 e. The van der Waals surface area contributed by atoms with Gasteiger partial charge in [-0.1, -0.05) is 6.07 Å². The van der Waals surface area contributed by atoms with Crippen molar-refractivity contribution in [3.05, 3.63) is 46.3 Å².